The second-order valence-corrected chi connectivity index (χ2v) is 6.70. The quantitative estimate of drug-likeness (QED) is 0.804. The normalized spacial score (nSPS) is 16.0. The van der Waals surface area contributed by atoms with E-state index in [1.807, 2.05) is 24.3 Å². The molecule has 146 valence electrons. The summed E-state index contributed by atoms with van der Waals surface area (Å²) in [5.74, 6) is -0.0845. The van der Waals surface area contributed by atoms with Crippen molar-refractivity contribution in [2.75, 3.05) is 23.9 Å². The molecule has 1 aliphatic heterocycles. The van der Waals surface area contributed by atoms with E-state index in [-0.39, 0.29) is 24.1 Å². The lowest BCUT2D eigenvalue weighted by atomic mass is 10.1. The highest BCUT2D eigenvalue weighted by Crippen LogP contribution is 2.27. The van der Waals surface area contributed by atoms with Gasteiger partial charge in [-0.15, -0.1) is 0 Å². The zero-order valence-electron chi connectivity index (χ0n) is 15.9. The Kier molecular flexibility index (Phi) is 5.93. The van der Waals surface area contributed by atoms with Crippen molar-refractivity contribution < 1.29 is 19.1 Å². The molecule has 28 heavy (non-hydrogen) atoms. The number of rotatable bonds is 6. The van der Waals surface area contributed by atoms with E-state index in [9.17, 15) is 14.4 Å². The molecule has 1 fully saturated rings. The third-order valence-corrected chi connectivity index (χ3v) is 4.60. The minimum atomic E-state index is -0.407. The summed E-state index contributed by atoms with van der Waals surface area (Å²) in [4.78, 5) is 37.7. The van der Waals surface area contributed by atoms with Crippen molar-refractivity contribution in [3.05, 3.63) is 54.1 Å². The van der Waals surface area contributed by atoms with Gasteiger partial charge in [0.25, 0.3) is 0 Å². The molecule has 7 nitrogen and oxygen atoms in total. The summed E-state index contributed by atoms with van der Waals surface area (Å²) in [5.41, 5.74) is 2.24. The molecule has 0 spiro atoms. The monoisotopic (exact) mass is 381 g/mol. The Bertz CT molecular complexity index is 879. The lowest BCUT2D eigenvalue weighted by Crippen LogP contribution is -2.32. The van der Waals surface area contributed by atoms with Crippen LogP contribution in [0.5, 0.6) is 5.75 Å². The molecule has 2 aromatic carbocycles. The third-order valence-electron chi connectivity index (χ3n) is 4.60. The Morgan fingerprint density at radius 2 is 1.93 bits per heavy atom. The number of anilines is 2. The minimum Gasteiger partial charge on any atom is -0.497 e. The number of hydrogen-bond acceptors (Lipinski definition) is 4. The maximum Gasteiger partial charge on any atom is 0.227 e. The summed E-state index contributed by atoms with van der Waals surface area (Å²) in [7, 11) is 1.60. The number of carbonyl (C=O) groups excluding carboxylic acids is 3. The van der Waals surface area contributed by atoms with Gasteiger partial charge in [0.05, 0.1) is 13.0 Å². The molecule has 0 saturated carbocycles. The summed E-state index contributed by atoms with van der Waals surface area (Å²) in [6.45, 7) is 2.14. The van der Waals surface area contributed by atoms with Crippen molar-refractivity contribution in [3.63, 3.8) is 0 Å². The van der Waals surface area contributed by atoms with Gasteiger partial charge in [-0.1, -0.05) is 18.2 Å². The van der Waals surface area contributed by atoms with Crippen molar-refractivity contribution in [2.24, 2.45) is 5.92 Å². The van der Waals surface area contributed by atoms with Crippen molar-refractivity contribution >= 4 is 29.1 Å². The molecule has 0 aliphatic carbocycles. The maximum absolute atomic E-state index is 12.5. The summed E-state index contributed by atoms with van der Waals surface area (Å²) in [5, 5.41) is 5.59. The van der Waals surface area contributed by atoms with Crippen LogP contribution in [0.2, 0.25) is 0 Å². The lowest BCUT2D eigenvalue weighted by molar-refractivity contribution is -0.126. The average molecular weight is 381 g/mol. The third kappa shape index (κ3) is 4.68. The summed E-state index contributed by atoms with van der Waals surface area (Å²) >= 11 is 0. The highest BCUT2D eigenvalue weighted by molar-refractivity contribution is 6.01. The van der Waals surface area contributed by atoms with Crippen LogP contribution in [0, 0.1) is 5.92 Å². The Morgan fingerprint density at radius 1 is 1.18 bits per heavy atom. The molecule has 3 rings (SSSR count). The number of benzene rings is 2. The number of amides is 3. The molecular formula is C21H23N3O4. The Hall–Kier alpha value is -3.35. The number of nitrogens with one attached hydrogen (secondary N) is 2. The van der Waals surface area contributed by atoms with E-state index in [1.165, 1.54) is 6.92 Å². The largest absolute Gasteiger partial charge is 0.497 e. The molecule has 1 atom stereocenters. The molecular weight excluding hydrogens is 358 g/mol. The molecule has 0 bridgehead atoms. The smallest absolute Gasteiger partial charge is 0.227 e. The molecule has 1 aliphatic rings. The second kappa shape index (κ2) is 8.56. The Labute approximate surface area is 163 Å². The van der Waals surface area contributed by atoms with Gasteiger partial charge in [0.2, 0.25) is 17.7 Å². The van der Waals surface area contributed by atoms with Gasteiger partial charge in [0.1, 0.15) is 5.75 Å². The van der Waals surface area contributed by atoms with Gasteiger partial charge < -0.3 is 20.3 Å². The molecule has 3 amide bonds. The molecule has 7 heteroatoms. The van der Waals surface area contributed by atoms with Crippen LogP contribution in [0.4, 0.5) is 11.4 Å². The van der Waals surface area contributed by atoms with Crippen molar-refractivity contribution in [3.8, 4) is 5.75 Å². The molecule has 1 saturated heterocycles. The van der Waals surface area contributed by atoms with Gasteiger partial charge in [0.15, 0.2) is 0 Å². The number of hydrogen-bond donors (Lipinski definition) is 2. The predicted octanol–water partition coefficient (Wildman–Crippen LogP) is 2.32. The van der Waals surface area contributed by atoms with Gasteiger partial charge in [-0.3, -0.25) is 14.4 Å². The Balaban J connectivity index is 1.60. The van der Waals surface area contributed by atoms with E-state index < -0.39 is 5.92 Å². The summed E-state index contributed by atoms with van der Waals surface area (Å²) < 4.78 is 5.12. The highest BCUT2D eigenvalue weighted by Gasteiger charge is 2.35. The van der Waals surface area contributed by atoms with Crippen LogP contribution in [-0.2, 0) is 20.9 Å². The standard InChI is InChI=1S/C21H23N3O4/c1-14(25)23-17-4-3-5-18(11-17)24-13-16(10-20(24)26)21(27)22-12-15-6-8-19(28-2)9-7-15/h3-9,11,16H,10,12-13H2,1-2H3,(H,22,27)(H,23,25)/t16-/m1/s1. The van der Waals surface area contributed by atoms with Gasteiger partial charge in [-0.25, -0.2) is 0 Å². The van der Waals surface area contributed by atoms with Crippen molar-refractivity contribution in [2.45, 2.75) is 19.9 Å². The van der Waals surface area contributed by atoms with E-state index in [0.29, 0.717) is 24.5 Å². The second-order valence-electron chi connectivity index (χ2n) is 6.70. The van der Waals surface area contributed by atoms with E-state index in [4.69, 9.17) is 4.74 Å². The summed E-state index contributed by atoms with van der Waals surface area (Å²) in [6.07, 6.45) is 0.165. The first-order chi connectivity index (χ1) is 13.5. The first-order valence-corrected chi connectivity index (χ1v) is 9.05. The van der Waals surface area contributed by atoms with Crippen LogP contribution in [0.1, 0.15) is 18.9 Å². The molecule has 0 radical (unpaired) electrons. The van der Waals surface area contributed by atoms with Gasteiger partial charge in [-0.2, -0.15) is 0 Å². The zero-order chi connectivity index (χ0) is 20.1. The SMILES string of the molecule is COc1ccc(CNC(=O)[C@@H]2CC(=O)N(c3cccc(NC(C)=O)c3)C2)cc1. The number of ether oxygens (including phenoxy) is 1. The average Bonchev–Trinajstić information content (AvgIpc) is 3.08. The summed E-state index contributed by atoms with van der Waals surface area (Å²) in [6, 6.07) is 14.5. The Morgan fingerprint density at radius 3 is 2.61 bits per heavy atom. The first kappa shape index (κ1) is 19.4. The number of nitrogens with zero attached hydrogens (tertiary/aromatic N) is 1. The van der Waals surface area contributed by atoms with Crippen LogP contribution in [0.25, 0.3) is 0 Å². The fraction of sp³-hybridized carbons (Fsp3) is 0.286. The van der Waals surface area contributed by atoms with E-state index in [0.717, 1.165) is 11.3 Å². The van der Waals surface area contributed by atoms with Crippen LogP contribution >= 0.6 is 0 Å². The molecule has 2 N–H and O–H groups in total. The molecule has 0 unspecified atom stereocenters. The maximum atomic E-state index is 12.5. The van der Waals surface area contributed by atoms with Gasteiger partial charge in [0, 0.05) is 37.8 Å². The molecule has 2 aromatic rings. The van der Waals surface area contributed by atoms with Crippen molar-refractivity contribution in [1.82, 2.24) is 5.32 Å². The lowest BCUT2D eigenvalue weighted by Gasteiger charge is -2.18. The van der Waals surface area contributed by atoms with Crippen LogP contribution in [-0.4, -0.2) is 31.4 Å². The van der Waals surface area contributed by atoms with E-state index >= 15 is 0 Å². The predicted molar refractivity (Wildman–Crippen MR) is 106 cm³/mol. The topological polar surface area (TPSA) is 87.7 Å². The van der Waals surface area contributed by atoms with Gasteiger partial charge in [-0.05, 0) is 35.9 Å². The van der Waals surface area contributed by atoms with E-state index in [2.05, 4.69) is 10.6 Å². The van der Waals surface area contributed by atoms with E-state index in [1.54, 1.807) is 36.3 Å². The van der Waals surface area contributed by atoms with Gasteiger partial charge >= 0.3 is 0 Å². The molecule has 0 aromatic heterocycles. The first-order valence-electron chi connectivity index (χ1n) is 9.05. The number of methoxy groups -OCH3 is 1. The van der Waals surface area contributed by atoms with Crippen LogP contribution in [0.15, 0.2) is 48.5 Å². The zero-order valence-corrected chi connectivity index (χ0v) is 15.9. The fourth-order valence-corrected chi connectivity index (χ4v) is 3.16. The fourth-order valence-electron chi connectivity index (χ4n) is 3.16. The highest BCUT2D eigenvalue weighted by atomic mass is 16.5. The molecule has 1 heterocycles. The van der Waals surface area contributed by atoms with Crippen molar-refractivity contribution in [1.29, 1.82) is 0 Å². The number of carbonyl (C=O) groups is 3. The van der Waals surface area contributed by atoms with Crippen LogP contribution < -0.4 is 20.3 Å². The minimum absolute atomic E-state index is 0.107. The van der Waals surface area contributed by atoms with Crippen LogP contribution in [0.3, 0.4) is 0 Å².